The van der Waals surface area contributed by atoms with Gasteiger partial charge >= 0.3 is 0 Å². The maximum Gasteiger partial charge on any atom is 0.0578 e. The van der Waals surface area contributed by atoms with Crippen LogP contribution in [-0.4, -0.2) is 12.5 Å². The van der Waals surface area contributed by atoms with Gasteiger partial charge in [0.1, 0.15) is 0 Å². The molecule has 0 saturated carbocycles. The quantitative estimate of drug-likeness (QED) is 0.253. The third-order valence-corrected chi connectivity index (χ3v) is 10.6. The molecule has 6 heteroatoms. The predicted octanol–water partition coefficient (Wildman–Crippen LogP) is 9.02. The van der Waals surface area contributed by atoms with Crippen molar-refractivity contribution in [2.45, 2.75) is 9.79 Å². The highest BCUT2D eigenvalue weighted by atomic mass is 32.2. The van der Waals surface area contributed by atoms with Gasteiger partial charge in [0.15, 0.2) is 0 Å². The smallest absolute Gasteiger partial charge is 0.0578 e. The zero-order valence-electron chi connectivity index (χ0n) is 14.1. The molecular formula is C20H14S6. The lowest BCUT2D eigenvalue weighted by molar-refractivity contribution is 1.60. The highest BCUT2D eigenvalue weighted by molar-refractivity contribution is 7.99. The Labute approximate surface area is 176 Å². The Morgan fingerprint density at radius 3 is 2.04 bits per heavy atom. The molecule has 0 fully saturated rings. The number of thiophene rings is 4. The Hall–Kier alpha value is -0.760. The normalized spacial score (nSPS) is 11.8. The summed E-state index contributed by atoms with van der Waals surface area (Å²) in [5.74, 6) is 0. The molecule has 0 spiro atoms. The summed E-state index contributed by atoms with van der Waals surface area (Å²) in [7, 11) is 0. The summed E-state index contributed by atoms with van der Waals surface area (Å²) in [4.78, 5) is 8.36. The van der Waals surface area contributed by atoms with Crippen LogP contribution in [0.2, 0.25) is 0 Å². The van der Waals surface area contributed by atoms with Gasteiger partial charge in [-0.3, -0.25) is 0 Å². The van der Waals surface area contributed by atoms with Crippen molar-refractivity contribution in [1.82, 2.24) is 0 Å². The molecule has 26 heavy (non-hydrogen) atoms. The van der Waals surface area contributed by atoms with Crippen molar-refractivity contribution in [1.29, 1.82) is 0 Å². The van der Waals surface area contributed by atoms with Crippen molar-refractivity contribution >= 4 is 89.0 Å². The molecule has 0 nitrogen and oxygen atoms in total. The second kappa shape index (κ2) is 7.00. The van der Waals surface area contributed by atoms with E-state index in [1.54, 1.807) is 0 Å². The van der Waals surface area contributed by atoms with Crippen LogP contribution in [0.1, 0.15) is 0 Å². The second-order valence-corrected chi connectivity index (χ2v) is 11.4. The van der Waals surface area contributed by atoms with Crippen molar-refractivity contribution in [2.24, 2.45) is 0 Å². The van der Waals surface area contributed by atoms with Gasteiger partial charge in [0.05, 0.1) is 9.75 Å². The van der Waals surface area contributed by atoms with E-state index < -0.39 is 0 Å². The number of benzene rings is 1. The largest absolute Gasteiger partial charge is 0.142 e. The second-order valence-electron chi connectivity index (χ2n) is 5.75. The molecule has 0 radical (unpaired) electrons. The van der Waals surface area contributed by atoms with Crippen molar-refractivity contribution < 1.29 is 0 Å². The molecule has 130 valence electrons. The van der Waals surface area contributed by atoms with Crippen molar-refractivity contribution in [3.8, 4) is 19.5 Å². The summed E-state index contributed by atoms with van der Waals surface area (Å²) in [5.41, 5.74) is 0. The first-order chi connectivity index (χ1) is 12.8. The van der Waals surface area contributed by atoms with E-state index in [1.807, 2.05) is 68.9 Å². The minimum Gasteiger partial charge on any atom is -0.142 e. The lowest BCUT2D eigenvalue weighted by Gasteiger charge is -1.96. The van der Waals surface area contributed by atoms with E-state index in [2.05, 4.69) is 59.7 Å². The summed E-state index contributed by atoms with van der Waals surface area (Å²) >= 11 is 11.2. The van der Waals surface area contributed by atoms with Crippen molar-refractivity contribution in [3.05, 3.63) is 47.2 Å². The molecule has 5 aromatic rings. The fourth-order valence-corrected chi connectivity index (χ4v) is 9.36. The average Bonchev–Trinajstić information content (AvgIpc) is 3.44. The summed E-state index contributed by atoms with van der Waals surface area (Å²) < 4.78 is 2.81. The van der Waals surface area contributed by atoms with E-state index in [0.717, 1.165) is 0 Å². The monoisotopic (exact) mass is 446 g/mol. The van der Waals surface area contributed by atoms with Gasteiger partial charge in [0, 0.05) is 34.3 Å². The molecule has 0 N–H and O–H groups in total. The van der Waals surface area contributed by atoms with Gasteiger partial charge in [0.25, 0.3) is 0 Å². The molecule has 0 aliphatic heterocycles. The zero-order valence-corrected chi connectivity index (χ0v) is 19.0. The van der Waals surface area contributed by atoms with Crippen LogP contribution in [0.3, 0.4) is 0 Å². The summed E-state index contributed by atoms with van der Waals surface area (Å²) in [6.07, 6.45) is 4.32. The van der Waals surface area contributed by atoms with Crippen LogP contribution in [0.5, 0.6) is 0 Å². The number of thioether (sulfide) groups is 2. The summed E-state index contributed by atoms with van der Waals surface area (Å²) in [5, 5.41) is 7.16. The topological polar surface area (TPSA) is 0 Å². The molecule has 0 aliphatic rings. The Morgan fingerprint density at radius 1 is 0.731 bits per heavy atom. The van der Waals surface area contributed by atoms with Gasteiger partial charge in [-0.15, -0.1) is 68.9 Å². The molecule has 0 aliphatic carbocycles. The van der Waals surface area contributed by atoms with Crippen LogP contribution in [0.25, 0.3) is 39.7 Å². The number of rotatable bonds is 4. The van der Waals surface area contributed by atoms with Crippen LogP contribution in [-0.2, 0) is 0 Å². The third kappa shape index (κ3) is 2.79. The van der Waals surface area contributed by atoms with Gasteiger partial charge < -0.3 is 0 Å². The van der Waals surface area contributed by atoms with Crippen LogP contribution in [0.4, 0.5) is 0 Å². The number of fused-ring (bicyclic) bond motifs is 3. The molecule has 0 unspecified atom stereocenters. The Morgan fingerprint density at radius 2 is 1.38 bits per heavy atom. The highest BCUT2D eigenvalue weighted by Crippen LogP contribution is 2.47. The van der Waals surface area contributed by atoms with Gasteiger partial charge in [-0.25, -0.2) is 0 Å². The molecule has 0 bridgehead atoms. The van der Waals surface area contributed by atoms with Crippen LogP contribution >= 0.6 is 68.9 Å². The molecule has 1 aromatic carbocycles. The first-order valence-corrected chi connectivity index (χ1v) is 13.8. The van der Waals surface area contributed by atoms with Gasteiger partial charge in [0.2, 0.25) is 0 Å². The van der Waals surface area contributed by atoms with E-state index >= 15 is 0 Å². The SMILES string of the molecule is CSc1ccsc1-c1cc2c(ccc3cc(-c4sccc4SC)sc32)s1. The van der Waals surface area contributed by atoms with Crippen molar-refractivity contribution in [2.75, 3.05) is 12.5 Å². The summed E-state index contributed by atoms with van der Waals surface area (Å²) in [6, 6.07) is 13.8. The molecular weight excluding hydrogens is 433 g/mol. The van der Waals surface area contributed by atoms with E-state index in [9.17, 15) is 0 Å². The Bertz CT molecular complexity index is 1120. The van der Waals surface area contributed by atoms with Crippen LogP contribution in [0, 0.1) is 0 Å². The fourth-order valence-electron chi connectivity index (χ4n) is 3.11. The maximum absolute atomic E-state index is 2.40. The number of hydrogen-bond donors (Lipinski definition) is 0. The van der Waals surface area contributed by atoms with E-state index in [1.165, 1.54) is 49.5 Å². The van der Waals surface area contributed by atoms with E-state index in [4.69, 9.17) is 0 Å². The zero-order chi connectivity index (χ0) is 17.7. The number of hydrogen-bond acceptors (Lipinski definition) is 6. The molecule has 4 heterocycles. The van der Waals surface area contributed by atoms with Crippen LogP contribution in [0.15, 0.2) is 56.9 Å². The minimum atomic E-state index is 1.36. The molecule has 4 aromatic heterocycles. The standard InChI is InChI=1S/C20H14S6/c1-21-14-5-7-23-19(14)16-9-11-3-4-13-12(18(11)26-16)10-17(25-13)20-15(22-2)6-8-24-20/h3-10H,1-2H3. The molecule has 0 atom stereocenters. The lowest BCUT2D eigenvalue weighted by atomic mass is 10.2. The van der Waals surface area contributed by atoms with Gasteiger partial charge in [-0.1, -0.05) is 6.07 Å². The van der Waals surface area contributed by atoms with Crippen molar-refractivity contribution in [3.63, 3.8) is 0 Å². The lowest BCUT2D eigenvalue weighted by Crippen LogP contribution is -1.66. The third-order valence-electron chi connectivity index (χ3n) is 4.33. The minimum absolute atomic E-state index is 1.36. The highest BCUT2D eigenvalue weighted by Gasteiger charge is 2.15. The van der Waals surface area contributed by atoms with E-state index in [-0.39, 0.29) is 0 Å². The fraction of sp³-hybridized carbons (Fsp3) is 0.100. The van der Waals surface area contributed by atoms with E-state index in [0.29, 0.717) is 0 Å². The van der Waals surface area contributed by atoms with Gasteiger partial charge in [-0.05, 0) is 59.0 Å². The average molecular weight is 447 g/mol. The first-order valence-electron chi connectivity index (χ1n) is 7.98. The first kappa shape index (κ1) is 17.3. The molecule has 5 rings (SSSR count). The maximum atomic E-state index is 2.40. The Kier molecular flexibility index (Phi) is 4.67. The van der Waals surface area contributed by atoms with Gasteiger partial charge in [-0.2, -0.15) is 0 Å². The predicted molar refractivity (Wildman–Crippen MR) is 127 cm³/mol. The molecule has 0 saturated heterocycles. The van der Waals surface area contributed by atoms with Crippen LogP contribution < -0.4 is 0 Å². The molecule has 0 amide bonds. The summed E-state index contributed by atoms with van der Waals surface area (Å²) in [6.45, 7) is 0. The Balaban J connectivity index is 1.70.